The highest BCUT2D eigenvalue weighted by Gasteiger charge is 2.11. The first-order valence-corrected chi connectivity index (χ1v) is 8.83. The van der Waals surface area contributed by atoms with Crippen LogP contribution in [0.3, 0.4) is 0 Å². The van der Waals surface area contributed by atoms with Crippen molar-refractivity contribution in [2.24, 2.45) is 0 Å². The third kappa shape index (κ3) is 5.38. The minimum atomic E-state index is -0.454. The van der Waals surface area contributed by atoms with Crippen LogP contribution >= 0.6 is 43.3 Å². The highest BCUT2D eigenvalue weighted by Crippen LogP contribution is 2.31. The summed E-state index contributed by atoms with van der Waals surface area (Å²) in [5.74, 6) is 0. The van der Waals surface area contributed by atoms with E-state index in [1.54, 1.807) is 36.4 Å². The molecule has 0 spiro atoms. The van der Waals surface area contributed by atoms with Gasteiger partial charge in [-0.05, 0) is 55.4 Å². The molecule has 0 N–H and O–H groups in total. The van der Waals surface area contributed by atoms with E-state index in [1.165, 1.54) is 12.1 Å². The van der Waals surface area contributed by atoms with Crippen LogP contribution in [-0.4, -0.2) is 9.85 Å². The van der Waals surface area contributed by atoms with Crippen molar-refractivity contribution >= 4 is 54.7 Å². The second kappa shape index (κ2) is 9.52. The van der Waals surface area contributed by atoms with Crippen LogP contribution in [0.25, 0.3) is 0 Å². The number of para-hydroxylation sites is 2. The smallest absolute Gasteiger partial charge is 0.258 e. The average Bonchev–Trinajstić information content (AvgIpc) is 2.55. The van der Waals surface area contributed by atoms with E-state index in [1.807, 2.05) is 0 Å². The summed E-state index contributed by atoms with van der Waals surface area (Å²) >= 11 is 0. The van der Waals surface area contributed by atoms with Gasteiger partial charge in [-0.15, -0.1) is 0 Å². The van der Waals surface area contributed by atoms with Crippen molar-refractivity contribution in [1.82, 2.24) is 0 Å². The van der Waals surface area contributed by atoms with Crippen LogP contribution in [-0.2, 0) is 0 Å². The number of halogens is 2. The van der Waals surface area contributed by atoms with Crippen LogP contribution in [0.2, 0.25) is 0 Å². The summed E-state index contributed by atoms with van der Waals surface area (Å²) in [5.41, 5.74) is 0.0972. The van der Waals surface area contributed by atoms with Crippen LogP contribution in [0.5, 0.6) is 0 Å². The average molecular weight is 379 g/mol. The molecular weight excluding hydrogens is 371 g/mol. The molecule has 22 heavy (non-hydrogen) atoms. The van der Waals surface area contributed by atoms with E-state index < -0.39 is 9.85 Å². The number of hydrogen-bond acceptors (Lipinski definition) is 6. The minimum Gasteiger partial charge on any atom is -0.258 e. The number of nitrogens with zero attached hydrogens (tertiary/aromatic N) is 2. The maximum Gasteiger partial charge on any atom is 0.284 e. The van der Waals surface area contributed by atoms with Crippen molar-refractivity contribution in [3.8, 4) is 0 Å². The van der Waals surface area contributed by atoms with Gasteiger partial charge in [-0.3, -0.25) is 20.2 Å². The normalized spacial score (nSPS) is 9.55. The standard InChI is InChI=1S/2C6H4ClNO2S/c2*7-11-6-4-2-1-3-5(6)8(9)10/h2*1-4H. The van der Waals surface area contributed by atoms with Crippen LogP contribution < -0.4 is 0 Å². The van der Waals surface area contributed by atoms with Gasteiger partial charge >= 0.3 is 0 Å². The Labute approximate surface area is 143 Å². The molecule has 2 rings (SSSR count). The molecule has 2 aromatic carbocycles. The van der Waals surface area contributed by atoms with Gasteiger partial charge in [-0.2, -0.15) is 0 Å². The predicted octanol–water partition coefficient (Wildman–Crippen LogP) is 5.68. The largest absolute Gasteiger partial charge is 0.284 e. The molecule has 0 unspecified atom stereocenters. The summed E-state index contributed by atoms with van der Waals surface area (Å²) in [6, 6.07) is 12.7. The first-order valence-electron chi connectivity index (χ1n) is 5.55. The molecule has 0 aliphatic heterocycles. The fourth-order valence-corrected chi connectivity index (χ4v) is 2.83. The summed E-state index contributed by atoms with van der Waals surface area (Å²) < 4.78 is 0. The van der Waals surface area contributed by atoms with Gasteiger partial charge in [0.05, 0.1) is 9.85 Å². The zero-order valence-corrected chi connectivity index (χ0v) is 13.9. The molecular formula is C12H8Cl2N2O4S2. The summed E-state index contributed by atoms with van der Waals surface area (Å²) in [4.78, 5) is 20.7. The lowest BCUT2D eigenvalue weighted by Gasteiger charge is -1.94. The fourth-order valence-electron chi connectivity index (χ4n) is 1.35. The van der Waals surface area contributed by atoms with Gasteiger partial charge in [0.2, 0.25) is 0 Å². The maximum absolute atomic E-state index is 10.3. The van der Waals surface area contributed by atoms with Gasteiger partial charge < -0.3 is 0 Å². The molecule has 0 heterocycles. The van der Waals surface area contributed by atoms with Gasteiger partial charge in [-0.25, -0.2) is 0 Å². The number of nitro benzene ring substituents is 2. The molecule has 10 heteroatoms. The zero-order valence-electron chi connectivity index (χ0n) is 10.7. The number of hydrogen-bond donors (Lipinski definition) is 0. The molecule has 0 radical (unpaired) electrons. The molecule has 0 amide bonds. The van der Waals surface area contributed by atoms with Crippen LogP contribution in [0, 0.1) is 20.2 Å². The summed E-state index contributed by atoms with van der Waals surface area (Å²) in [7, 11) is 12.5. The molecule has 0 saturated heterocycles. The van der Waals surface area contributed by atoms with E-state index >= 15 is 0 Å². The highest BCUT2D eigenvalue weighted by molar-refractivity contribution is 8.21. The van der Waals surface area contributed by atoms with Crippen molar-refractivity contribution in [2.45, 2.75) is 9.79 Å². The van der Waals surface area contributed by atoms with E-state index in [2.05, 4.69) is 0 Å². The molecule has 0 bridgehead atoms. The Balaban J connectivity index is 0.000000220. The van der Waals surface area contributed by atoms with Crippen molar-refractivity contribution < 1.29 is 9.85 Å². The molecule has 0 fully saturated rings. The van der Waals surface area contributed by atoms with Crippen LogP contribution in [0.15, 0.2) is 58.3 Å². The lowest BCUT2D eigenvalue weighted by molar-refractivity contribution is -0.387. The summed E-state index contributed by atoms with van der Waals surface area (Å²) in [6.45, 7) is 0. The monoisotopic (exact) mass is 378 g/mol. The Morgan fingerprint density at radius 2 is 1.05 bits per heavy atom. The second-order valence-electron chi connectivity index (χ2n) is 3.60. The molecule has 0 atom stereocenters. The number of benzene rings is 2. The third-order valence-corrected chi connectivity index (χ3v) is 4.31. The topological polar surface area (TPSA) is 86.3 Å². The molecule has 0 aromatic heterocycles. The molecule has 6 nitrogen and oxygen atoms in total. The van der Waals surface area contributed by atoms with E-state index in [4.69, 9.17) is 21.4 Å². The van der Waals surface area contributed by atoms with Gasteiger partial charge in [-0.1, -0.05) is 24.3 Å². The molecule has 116 valence electrons. The predicted molar refractivity (Wildman–Crippen MR) is 89.6 cm³/mol. The van der Waals surface area contributed by atoms with Gasteiger partial charge in [0, 0.05) is 12.1 Å². The Bertz CT molecular complexity index is 616. The Morgan fingerprint density at radius 3 is 1.27 bits per heavy atom. The van der Waals surface area contributed by atoms with Gasteiger partial charge in [0.25, 0.3) is 11.4 Å². The first kappa shape index (κ1) is 18.6. The summed E-state index contributed by atoms with van der Waals surface area (Å²) in [6.07, 6.45) is 0. The Morgan fingerprint density at radius 1 is 0.727 bits per heavy atom. The molecule has 0 aliphatic rings. The maximum atomic E-state index is 10.3. The number of rotatable bonds is 4. The van der Waals surface area contributed by atoms with E-state index in [9.17, 15) is 20.2 Å². The Hall–Kier alpha value is -1.48. The van der Waals surface area contributed by atoms with Crippen molar-refractivity contribution in [3.63, 3.8) is 0 Å². The van der Waals surface area contributed by atoms with E-state index in [-0.39, 0.29) is 11.4 Å². The lowest BCUT2D eigenvalue weighted by Crippen LogP contribution is -1.88. The van der Waals surface area contributed by atoms with Crippen molar-refractivity contribution in [3.05, 3.63) is 68.8 Å². The quantitative estimate of drug-likeness (QED) is 0.502. The first-order chi connectivity index (χ1) is 10.5. The van der Waals surface area contributed by atoms with E-state index in [0.29, 0.717) is 9.79 Å². The van der Waals surface area contributed by atoms with Gasteiger partial charge in [0.1, 0.15) is 9.79 Å². The third-order valence-electron chi connectivity index (χ3n) is 2.29. The molecule has 0 aliphatic carbocycles. The second-order valence-corrected chi connectivity index (χ2v) is 5.72. The van der Waals surface area contributed by atoms with Crippen molar-refractivity contribution in [2.75, 3.05) is 0 Å². The highest BCUT2D eigenvalue weighted by atomic mass is 35.7. The summed E-state index contributed by atoms with van der Waals surface area (Å²) in [5, 5.41) is 20.6. The lowest BCUT2D eigenvalue weighted by atomic mass is 10.3. The fraction of sp³-hybridized carbons (Fsp3) is 0. The van der Waals surface area contributed by atoms with Crippen LogP contribution in [0.4, 0.5) is 11.4 Å². The van der Waals surface area contributed by atoms with E-state index in [0.717, 1.165) is 22.0 Å². The Kier molecular flexibility index (Phi) is 8.03. The van der Waals surface area contributed by atoms with Gasteiger partial charge in [0.15, 0.2) is 0 Å². The number of nitro groups is 2. The SMILES string of the molecule is O=[N+]([O-])c1ccccc1SCl.O=[N+]([O-])c1ccccc1SCl. The zero-order chi connectivity index (χ0) is 16.5. The molecule has 0 saturated carbocycles. The van der Waals surface area contributed by atoms with Crippen LogP contribution in [0.1, 0.15) is 0 Å². The van der Waals surface area contributed by atoms with Crippen molar-refractivity contribution in [1.29, 1.82) is 0 Å². The molecule has 2 aromatic rings. The minimum absolute atomic E-state index is 0.0486.